The summed E-state index contributed by atoms with van der Waals surface area (Å²) in [5.41, 5.74) is 0.619. The van der Waals surface area contributed by atoms with Crippen molar-refractivity contribution in [3.05, 3.63) is 48.5 Å². The first-order valence-electron chi connectivity index (χ1n) is 6.74. The predicted molar refractivity (Wildman–Crippen MR) is 83.3 cm³/mol. The zero-order valence-electron chi connectivity index (χ0n) is 12.4. The van der Waals surface area contributed by atoms with Gasteiger partial charge in [-0.2, -0.15) is 0 Å². The maximum absolute atomic E-state index is 11.9. The first-order valence-corrected chi connectivity index (χ1v) is 6.74. The molecule has 2 amide bonds. The molecule has 0 aliphatic rings. The van der Waals surface area contributed by atoms with E-state index < -0.39 is 6.23 Å². The third-order valence-corrected chi connectivity index (χ3v) is 2.81. The Morgan fingerprint density at radius 3 is 2.55 bits per heavy atom. The molecule has 0 aromatic heterocycles. The van der Waals surface area contributed by atoms with Crippen LogP contribution in [0.5, 0.6) is 17.2 Å². The number of nitrogens with one attached hydrogen (secondary N) is 2. The number of phenols is 1. The minimum Gasteiger partial charge on any atom is -0.508 e. The molecule has 22 heavy (non-hydrogen) atoms. The van der Waals surface area contributed by atoms with E-state index >= 15 is 0 Å². The molecule has 1 unspecified atom stereocenters. The first kappa shape index (κ1) is 15.5. The van der Waals surface area contributed by atoms with E-state index in [9.17, 15) is 9.90 Å². The quantitative estimate of drug-likeness (QED) is 0.742. The van der Waals surface area contributed by atoms with E-state index in [4.69, 9.17) is 9.47 Å². The maximum Gasteiger partial charge on any atom is 0.322 e. The molecule has 1 atom stereocenters. The van der Waals surface area contributed by atoms with Crippen molar-refractivity contribution in [2.45, 2.75) is 13.2 Å². The lowest BCUT2D eigenvalue weighted by Crippen LogP contribution is -2.39. The number of carbonyl (C=O) groups is 1. The Labute approximate surface area is 128 Å². The number of anilines is 1. The van der Waals surface area contributed by atoms with Gasteiger partial charge in [0.15, 0.2) is 6.23 Å². The van der Waals surface area contributed by atoms with Gasteiger partial charge in [-0.3, -0.25) is 0 Å². The van der Waals surface area contributed by atoms with Crippen LogP contribution in [0.15, 0.2) is 48.5 Å². The number of rotatable bonds is 5. The third kappa shape index (κ3) is 4.59. The molecule has 0 saturated carbocycles. The van der Waals surface area contributed by atoms with Gasteiger partial charge in [-0.25, -0.2) is 4.79 Å². The van der Waals surface area contributed by atoms with Crippen LogP contribution in [0.25, 0.3) is 0 Å². The van der Waals surface area contributed by atoms with E-state index in [1.165, 1.54) is 12.1 Å². The number of urea groups is 1. The molecule has 0 bridgehead atoms. The van der Waals surface area contributed by atoms with Crippen molar-refractivity contribution in [2.24, 2.45) is 0 Å². The third-order valence-electron chi connectivity index (χ3n) is 2.81. The highest BCUT2D eigenvalue weighted by molar-refractivity contribution is 5.89. The number of carbonyl (C=O) groups excluding carboxylic acids is 1. The number of hydrogen-bond acceptors (Lipinski definition) is 4. The van der Waals surface area contributed by atoms with E-state index in [2.05, 4.69) is 10.6 Å². The summed E-state index contributed by atoms with van der Waals surface area (Å²) in [5.74, 6) is 1.36. The topological polar surface area (TPSA) is 79.8 Å². The number of hydrogen-bond donors (Lipinski definition) is 3. The monoisotopic (exact) mass is 302 g/mol. The van der Waals surface area contributed by atoms with Crippen molar-refractivity contribution in [1.29, 1.82) is 0 Å². The Morgan fingerprint density at radius 2 is 1.86 bits per heavy atom. The number of phenolic OH excluding ortho intramolecular Hbond substituents is 1. The van der Waals surface area contributed by atoms with Crippen LogP contribution in [0.1, 0.15) is 6.92 Å². The second kappa shape index (κ2) is 7.21. The molecule has 6 heteroatoms. The zero-order valence-corrected chi connectivity index (χ0v) is 12.4. The van der Waals surface area contributed by atoms with Crippen LogP contribution in [-0.2, 0) is 0 Å². The number of benzene rings is 2. The van der Waals surface area contributed by atoms with Gasteiger partial charge in [0.05, 0.1) is 7.11 Å². The van der Waals surface area contributed by atoms with Gasteiger partial charge in [-0.15, -0.1) is 0 Å². The van der Waals surface area contributed by atoms with Gasteiger partial charge in [-0.05, 0) is 43.3 Å². The van der Waals surface area contributed by atoms with E-state index in [-0.39, 0.29) is 11.8 Å². The highest BCUT2D eigenvalue weighted by atomic mass is 16.5. The average Bonchev–Trinajstić information content (AvgIpc) is 2.49. The highest BCUT2D eigenvalue weighted by Crippen LogP contribution is 2.18. The average molecular weight is 302 g/mol. The summed E-state index contributed by atoms with van der Waals surface area (Å²) in [6.07, 6.45) is -0.532. The minimum atomic E-state index is -0.532. The lowest BCUT2D eigenvalue weighted by atomic mass is 10.3. The van der Waals surface area contributed by atoms with Crippen LogP contribution < -0.4 is 20.1 Å². The molecule has 2 aromatic carbocycles. The summed E-state index contributed by atoms with van der Waals surface area (Å²) in [5, 5.41) is 14.5. The van der Waals surface area contributed by atoms with Gasteiger partial charge in [0.25, 0.3) is 0 Å². The number of amides is 2. The van der Waals surface area contributed by atoms with Crippen LogP contribution in [0.4, 0.5) is 10.5 Å². The molecule has 0 aliphatic carbocycles. The molecule has 0 heterocycles. The highest BCUT2D eigenvalue weighted by Gasteiger charge is 2.09. The van der Waals surface area contributed by atoms with Crippen molar-refractivity contribution in [3.8, 4) is 17.2 Å². The van der Waals surface area contributed by atoms with Crippen molar-refractivity contribution in [3.63, 3.8) is 0 Å². The van der Waals surface area contributed by atoms with Crippen molar-refractivity contribution < 1.29 is 19.4 Å². The summed E-state index contributed by atoms with van der Waals surface area (Å²) in [7, 11) is 1.56. The van der Waals surface area contributed by atoms with Gasteiger partial charge in [0, 0.05) is 11.8 Å². The van der Waals surface area contributed by atoms with Crippen molar-refractivity contribution in [1.82, 2.24) is 5.32 Å². The molecular formula is C16H18N2O4. The zero-order chi connectivity index (χ0) is 15.9. The summed E-state index contributed by atoms with van der Waals surface area (Å²) in [4.78, 5) is 11.9. The van der Waals surface area contributed by atoms with E-state index in [1.54, 1.807) is 50.4 Å². The fraction of sp³-hybridized carbons (Fsp3) is 0.188. The molecule has 0 aliphatic heterocycles. The van der Waals surface area contributed by atoms with Gasteiger partial charge >= 0.3 is 6.03 Å². The lowest BCUT2D eigenvalue weighted by molar-refractivity contribution is 0.183. The molecule has 0 saturated heterocycles. The molecule has 116 valence electrons. The minimum absolute atomic E-state index is 0.156. The largest absolute Gasteiger partial charge is 0.508 e. The Morgan fingerprint density at radius 1 is 1.14 bits per heavy atom. The summed E-state index contributed by atoms with van der Waals surface area (Å²) in [6, 6.07) is 12.9. The van der Waals surface area contributed by atoms with Crippen LogP contribution in [0.3, 0.4) is 0 Å². The first-order chi connectivity index (χ1) is 10.6. The van der Waals surface area contributed by atoms with Crippen LogP contribution >= 0.6 is 0 Å². The molecule has 0 spiro atoms. The molecule has 0 radical (unpaired) electrons. The van der Waals surface area contributed by atoms with Crippen LogP contribution in [0, 0.1) is 0 Å². The van der Waals surface area contributed by atoms with Crippen LogP contribution in [0.2, 0.25) is 0 Å². The fourth-order valence-electron chi connectivity index (χ4n) is 1.81. The SMILES string of the molecule is COc1cccc(NC(=O)NC(C)Oc2ccc(O)cc2)c1. The second-order valence-electron chi connectivity index (χ2n) is 4.58. The van der Waals surface area contributed by atoms with Crippen molar-refractivity contribution in [2.75, 3.05) is 12.4 Å². The molecular weight excluding hydrogens is 284 g/mol. The second-order valence-corrected chi connectivity index (χ2v) is 4.58. The fourth-order valence-corrected chi connectivity index (χ4v) is 1.81. The molecule has 2 rings (SSSR count). The Kier molecular flexibility index (Phi) is 5.08. The van der Waals surface area contributed by atoms with Crippen molar-refractivity contribution >= 4 is 11.7 Å². The van der Waals surface area contributed by atoms with E-state index in [1.807, 2.05) is 0 Å². The predicted octanol–water partition coefficient (Wildman–Crippen LogP) is 2.95. The molecule has 6 nitrogen and oxygen atoms in total. The summed E-state index contributed by atoms with van der Waals surface area (Å²) >= 11 is 0. The summed E-state index contributed by atoms with van der Waals surface area (Å²) < 4.78 is 10.6. The summed E-state index contributed by atoms with van der Waals surface area (Å²) in [6.45, 7) is 1.71. The number of ether oxygens (including phenoxy) is 2. The Balaban J connectivity index is 1.86. The van der Waals surface area contributed by atoms with E-state index in [0.717, 1.165) is 0 Å². The smallest absolute Gasteiger partial charge is 0.322 e. The van der Waals surface area contributed by atoms with Crippen LogP contribution in [-0.4, -0.2) is 24.5 Å². The maximum atomic E-state index is 11.9. The Hall–Kier alpha value is -2.89. The van der Waals surface area contributed by atoms with Gasteiger partial charge in [-0.1, -0.05) is 6.07 Å². The van der Waals surface area contributed by atoms with Gasteiger partial charge in [0.2, 0.25) is 0 Å². The van der Waals surface area contributed by atoms with Gasteiger partial charge < -0.3 is 25.2 Å². The lowest BCUT2D eigenvalue weighted by Gasteiger charge is -2.17. The number of aromatic hydroxyl groups is 1. The number of methoxy groups -OCH3 is 1. The van der Waals surface area contributed by atoms with E-state index in [0.29, 0.717) is 17.2 Å². The standard InChI is InChI=1S/C16H18N2O4/c1-11(22-14-8-6-13(19)7-9-14)17-16(20)18-12-4-3-5-15(10-12)21-2/h3-11,19H,1-2H3,(H2,17,18,20). The molecule has 3 N–H and O–H groups in total. The van der Waals surface area contributed by atoms with Gasteiger partial charge in [0.1, 0.15) is 17.2 Å². The normalized spacial score (nSPS) is 11.4. The Bertz CT molecular complexity index is 628. The molecule has 2 aromatic rings. The molecule has 0 fully saturated rings.